The van der Waals surface area contributed by atoms with Gasteiger partial charge < -0.3 is 9.30 Å². The van der Waals surface area contributed by atoms with Gasteiger partial charge in [-0.15, -0.1) is 0 Å². The fraction of sp³-hybridized carbons (Fsp3) is 0.357. The van der Waals surface area contributed by atoms with Crippen molar-refractivity contribution in [1.82, 2.24) is 4.57 Å². The largest absolute Gasteiger partial charge is 0.466 e. The Morgan fingerprint density at radius 1 is 1.35 bits per heavy atom. The first-order valence-corrected chi connectivity index (χ1v) is 5.91. The Bertz CT molecular complexity index is 528. The predicted octanol–water partition coefficient (Wildman–Crippen LogP) is 2.67. The van der Waals surface area contributed by atoms with Crippen molar-refractivity contribution in [2.75, 3.05) is 6.61 Å². The second kappa shape index (κ2) is 5.04. The SMILES string of the molecule is CCOC(=O)CCc1cn(C)c2ccccc12. The van der Waals surface area contributed by atoms with Crippen LogP contribution in [0.3, 0.4) is 0 Å². The van der Waals surface area contributed by atoms with Crippen molar-refractivity contribution >= 4 is 16.9 Å². The topological polar surface area (TPSA) is 31.2 Å². The lowest BCUT2D eigenvalue weighted by molar-refractivity contribution is -0.143. The summed E-state index contributed by atoms with van der Waals surface area (Å²) in [5.74, 6) is -0.125. The summed E-state index contributed by atoms with van der Waals surface area (Å²) in [6.45, 7) is 2.28. The van der Waals surface area contributed by atoms with Crippen molar-refractivity contribution in [2.45, 2.75) is 19.8 Å². The zero-order valence-corrected chi connectivity index (χ0v) is 10.3. The first-order valence-electron chi connectivity index (χ1n) is 5.91. The average Bonchev–Trinajstić information content (AvgIpc) is 2.65. The number of aromatic nitrogens is 1. The summed E-state index contributed by atoms with van der Waals surface area (Å²) >= 11 is 0. The molecule has 2 aromatic rings. The molecule has 0 aliphatic rings. The van der Waals surface area contributed by atoms with Crippen LogP contribution < -0.4 is 0 Å². The third-order valence-corrected chi connectivity index (χ3v) is 2.88. The Hall–Kier alpha value is -1.77. The first-order chi connectivity index (χ1) is 8.22. The lowest BCUT2D eigenvalue weighted by atomic mass is 10.1. The molecule has 0 saturated heterocycles. The fourth-order valence-corrected chi connectivity index (χ4v) is 2.09. The molecule has 0 bridgehead atoms. The van der Waals surface area contributed by atoms with Crippen molar-refractivity contribution < 1.29 is 9.53 Å². The molecular weight excluding hydrogens is 214 g/mol. The highest BCUT2D eigenvalue weighted by Gasteiger charge is 2.08. The van der Waals surface area contributed by atoms with Gasteiger partial charge in [-0.2, -0.15) is 0 Å². The average molecular weight is 231 g/mol. The van der Waals surface area contributed by atoms with E-state index in [1.54, 1.807) is 0 Å². The molecule has 0 amide bonds. The molecular formula is C14H17NO2. The smallest absolute Gasteiger partial charge is 0.306 e. The lowest BCUT2D eigenvalue weighted by Crippen LogP contribution is -2.04. The minimum Gasteiger partial charge on any atom is -0.466 e. The number of esters is 1. The van der Waals surface area contributed by atoms with E-state index in [2.05, 4.69) is 22.9 Å². The molecule has 3 nitrogen and oxygen atoms in total. The maximum Gasteiger partial charge on any atom is 0.306 e. The van der Waals surface area contributed by atoms with Gasteiger partial charge in [0.1, 0.15) is 0 Å². The summed E-state index contributed by atoms with van der Waals surface area (Å²) in [6.07, 6.45) is 3.27. The van der Waals surface area contributed by atoms with E-state index in [-0.39, 0.29) is 5.97 Å². The molecule has 90 valence electrons. The van der Waals surface area contributed by atoms with Gasteiger partial charge in [-0.05, 0) is 25.0 Å². The molecule has 1 aromatic carbocycles. The van der Waals surface area contributed by atoms with E-state index in [0.717, 1.165) is 6.42 Å². The number of carbonyl (C=O) groups is 1. The Morgan fingerprint density at radius 2 is 2.12 bits per heavy atom. The summed E-state index contributed by atoms with van der Waals surface area (Å²) in [7, 11) is 2.02. The first kappa shape index (κ1) is 11.7. The van der Waals surface area contributed by atoms with E-state index < -0.39 is 0 Å². The minimum atomic E-state index is -0.125. The van der Waals surface area contributed by atoms with E-state index in [1.165, 1.54) is 16.5 Å². The van der Waals surface area contributed by atoms with Crippen LogP contribution in [-0.2, 0) is 23.0 Å². The van der Waals surface area contributed by atoms with Gasteiger partial charge in [0.25, 0.3) is 0 Å². The van der Waals surface area contributed by atoms with Gasteiger partial charge in [0.2, 0.25) is 0 Å². The molecule has 0 aliphatic heterocycles. The normalized spacial score (nSPS) is 10.7. The Kier molecular flexibility index (Phi) is 3.47. The molecule has 0 spiro atoms. The summed E-state index contributed by atoms with van der Waals surface area (Å²) in [6, 6.07) is 8.23. The van der Waals surface area contributed by atoms with E-state index in [0.29, 0.717) is 13.0 Å². The number of nitrogens with zero attached hydrogens (tertiary/aromatic N) is 1. The van der Waals surface area contributed by atoms with Gasteiger partial charge in [-0.1, -0.05) is 18.2 Å². The Morgan fingerprint density at radius 3 is 2.88 bits per heavy atom. The molecule has 0 N–H and O–H groups in total. The molecule has 0 unspecified atom stereocenters. The summed E-state index contributed by atoms with van der Waals surface area (Å²) in [5, 5.41) is 1.22. The summed E-state index contributed by atoms with van der Waals surface area (Å²) in [5.41, 5.74) is 2.41. The molecule has 1 heterocycles. The monoisotopic (exact) mass is 231 g/mol. The quantitative estimate of drug-likeness (QED) is 0.757. The van der Waals surface area contributed by atoms with E-state index in [9.17, 15) is 4.79 Å². The zero-order valence-electron chi connectivity index (χ0n) is 10.3. The van der Waals surface area contributed by atoms with Crippen molar-refractivity contribution in [3.63, 3.8) is 0 Å². The van der Waals surface area contributed by atoms with Gasteiger partial charge in [0, 0.05) is 30.6 Å². The fourth-order valence-electron chi connectivity index (χ4n) is 2.09. The highest BCUT2D eigenvalue weighted by Crippen LogP contribution is 2.21. The molecule has 0 saturated carbocycles. The standard InChI is InChI=1S/C14H17NO2/c1-3-17-14(16)9-8-11-10-15(2)13-7-5-4-6-12(11)13/h4-7,10H,3,8-9H2,1-2H3. The summed E-state index contributed by atoms with van der Waals surface area (Å²) < 4.78 is 7.03. The Balaban J connectivity index is 2.16. The van der Waals surface area contributed by atoms with Crippen LogP contribution in [0.4, 0.5) is 0 Å². The zero-order chi connectivity index (χ0) is 12.3. The van der Waals surface area contributed by atoms with Crippen molar-refractivity contribution in [3.8, 4) is 0 Å². The number of ether oxygens (including phenoxy) is 1. The predicted molar refractivity (Wildman–Crippen MR) is 67.9 cm³/mol. The minimum absolute atomic E-state index is 0.125. The molecule has 17 heavy (non-hydrogen) atoms. The molecule has 3 heteroatoms. The van der Waals surface area contributed by atoms with Gasteiger partial charge in [-0.25, -0.2) is 0 Å². The maximum absolute atomic E-state index is 11.3. The van der Waals surface area contributed by atoms with Gasteiger partial charge in [0.15, 0.2) is 0 Å². The highest BCUT2D eigenvalue weighted by molar-refractivity contribution is 5.84. The van der Waals surface area contributed by atoms with Crippen LogP contribution in [0.5, 0.6) is 0 Å². The van der Waals surface area contributed by atoms with Crippen LogP contribution >= 0.6 is 0 Å². The highest BCUT2D eigenvalue weighted by atomic mass is 16.5. The number of rotatable bonds is 4. The third kappa shape index (κ3) is 2.49. The second-order valence-corrected chi connectivity index (χ2v) is 4.09. The van der Waals surface area contributed by atoms with Crippen LogP contribution in [0.25, 0.3) is 10.9 Å². The Labute approximate surface area is 101 Å². The number of hydrogen-bond acceptors (Lipinski definition) is 2. The molecule has 2 rings (SSSR count). The second-order valence-electron chi connectivity index (χ2n) is 4.09. The van der Waals surface area contributed by atoms with E-state index >= 15 is 0 Å². The van der Waals surface area contributed by atoms with Gasteiger partial charge in [-0.3, -0.25) is 4.79 Å². The van der Waals surface area contributed by atoms with Crippen LogP contribution in [-0.4, -0.2) is 17.1 Å². The van der Waals surface area contributed by atoms with E-state index in [1.807, 2.05) is 26.1 Å². The van der Waals surface area contributed by atoms with Gasteiger partial charge >= 0.3 is 5.97 Å². The number of hydrogen-bond donors (Lipinski definition) is 0. The molecule has 0 atom stereocenters. The van der Waals surface area contributed by atoms with Crippen LogP contribution in [0, 0.1) is 0 Å². The summed E-state index contributed by atoms with van der Waals surface area (Å²) in [4.78, 5) is 11.3. The molecule has 0 fully saturated rings. The molecule has 0 aliphatic carbocycles. The van der Waals surface area contributed by atoms with Crippen LogP contribution in [0.1, 0.15) is 18.9 Å². The van der Waals surface area contributed by atoms with Crippen molar-refractivity contribution in [1.29, 1.82) is 0 Å². The van der Waals surface area contributed by atoms with Crippen LogP contribution in [0.15, 0.2) is 30.5 Å². The maximum atomic E-state index is 11.3. The number of benzene rings is 1. The third-order valence-electron chi connectivity index (χ3n) is 2.88. The number of para-hydroxylation sites is 1. The number of aryl methyl sites for hydroxylation is 2. The van der Waals surface area contributed by atoms with Crippen molar-refractivity contribution in [3.05, 3.63) is 36.0 Å². The lowest BCUT2D eigenvalue weighted by Gasteiger charge is -2.00. The van der Waals surface area contributed by atoms with Crippen LogP contribution in [0.2, 0.25) is 0 Å². The molecule has 1 aromatic heterocycles. The van der Waals surface area contributed by atoms with E-state index in [4.69, 9.17) is 4.74 Å². The number of carbonyl (C=O) groups excluding carboxylic acids is 1. The molecule has 0 radical (unpaired) electrons. The number of fused-ring (bicyclic) bond motifs is 1. The van der Waals surface area contributed by atoms with Gasteiger partial charge in [0.05, 0.1) is 6.61 Å². The van der Waals surface area contributed by atoms with Crippen molar-refractivity contribution in [2.24, 2.45) is 7.05 Å².